The lowest BCUT2D eigenvalue weighted by molar-refractivity contribution is 0.0475. The molecule has 6 heteroatoms. The third-order valence-corrected chi connectivity index (χ3v) is 2.09. The van der Waals surface area contributed by atoms with Gasteiger partial charge in [-0.05, 0) is 0 Å². The van der Waals surface area contributed by atoms with Gasteiger partial charge in [-0.25, -0.2) is 14.5 Å². The summed E-state index contributed by atoms with van der Waals surface area (Å²) in [6, 6.07) is -0.686. The maximum atomic E-state index is 11.6. The predicted molar refractivity (Wildman–Crippen MR) is 50.0 cm³/mol. The van der Waals surface area contributed by atoms with Crippen LogP contribution in [0.2, 0.25) is 0 Å². The number of nitrogens with zero attached hydrogens (tertiary/aromatic N) is 2. The maximum absolute atomic E-state index is 11.6. The molecule has 6 nitrogen and oxygen atoms in total. The van der Waals surface area contributed by atoms with Crippen LogP contribution in [0.4, 0.5) is 9.59 Å². The molecule has 0 radical (unpaired) electrons. The van der Waals surface area contributed by atoms with Gasteiger partial charge >= 0.3 is 12.1 Å². The van der Waals surface area contributed by atoms with Gasteiger partial charge < -0.3 is 15.0 Å². The van der Waals surface area contributed by atoms with Crippen LogP contribution in [0.15, 0.2) is 0 Å². The fourth-order valence-electron chi connectivity index (χ4n) is 1.22. The highest BCUT2D eigenvalue weighted by Crippen LogP contribution is 2.01. The molecular formula is C8H15N3O3. The molecule has 0 bridgehead atoms. The molecule has 0 aromatic carbocycles. The van der Waals surface area contributed by atoms with Gasteiger partial charge in [-0.15, -0.1) is 0 Å². The second kappa shape index (κ2) is 4.80. The highest BCUT2D eigenvalue weighted by atomic mass is 16.5. The largest absolute Gasteiger partial charge is 0.378 e. The molecule has 0 atom stereocenters. The van der Waals surface area contributed by atoms with Gasteiger partial charge in [0, 0.05) is 27.2 Å². The molecule has 80 valence electrons. The number of nitrogens with one attached hydrogen (secondary N) is 1. The van der Waals surface area contributed by atoms with Crippen molar-refractivity contribution in [1.82, 2.24) is 15.1 Å². The van der Waals surface area contributed by atoms with Gasteiger partial charge in [0.2, 0.25) is 0 Å². The number of amides is 4. The van der Waals surface area contributed by atoms with Gasteiger partial charge in [0.05, 0.1) is 13.2 Å². The van der Waals surface area contributed by atoms with Crippen molar-refractivity contribution in [3.05, 3.63) is 0 Å². The van der Waals surface area contributed by atoms with Gasteiger partial charge in [-0.3, -0.25) is 0 Å². The van der Waals surface area contributed by atoms with Crippen LogP contribution in [-0.2, 0) is 4.74 Å². The summed E-state index contributed by atoms with van der Waals surface area (Å²) in [6.45, 7) is 2.15. The smallest absolute Gasteiger partial charge is 0.328 e. The zero-order chi connectivity index (χ0) is 10.6. The fraction of sp³-hybridized carbons (Fsp3) is 0.750. The van der Waals surface area contributed by atoms with E-state index in [1.807, 2.05) is 0 Å². The molecule has 1 aliphatic heterocycles. The molecule has 1 rings (SSSR count). The van der Waals surface area contributed by atoms with E-state index in [4.69, 9.17) is 4.74 Å². The maximum Gasteiger partial charge on any atom is 0.328 e. The first-order chi connectivity index (χ1) is 6.66. The average Bonchev–Trinajstić information content (AvgIpc) is 2.27. The van der Waals surface area contributed by atoms with Gasteiger partial charge in [0.25, 0.3) is 0 Å². The van der Waals surface area contributed by atoms with Crippen molar-refractivity contribution in [1.29, 1.82) is 0 Å². The second-order valence-electron chi connectivity index (χ2n) is 3.00. The Balaban J connectivity index is 2.50. The average molecular weight is 201 g/mol. The lowest BCUT2D eigenvalue weighted by atomic mass is 10.4. The monoisotopic (exact) mass is 201 g/mol. The molecule has 1 aliphatic rings. The number of rotatable bonds is 0. The standard InChI is InChI=1S/C8H15N3O3/c1-9-7(12)10(2)8(13)11-3-5-14-6-4-11/h3-6H2,1-2H3,(H,9,12). The minimum absolute atomic E-state index is 0.285. The number of imide groups is 1. The summed E-state index contributed by atoms with van der Waals surface area (Å²) in [6.07, 6.45) is 0. The van der Waals surface area contributed by atoms with Crippen LogP contribution in [0.25, 0.3) is 0 Å². The first kappa shape index (κ1) is 10.8. The highest BCUT2D eigenvalue weighted by Gasteiger charge is 2.23. The van der Waals surface area contributed by atoms with Crippen molar-refractivity contribution < 1.29 is 14.3 Å². The summed E-state index contributed by atoms with van der Waals surface area (Å²) in [5, 5.41) is 2.39. The van der Waals surface area contributed by atoms with E-state index in [0.29, 0.717) is 26.3 Å². The van der Waals surface area contributed by atoms with E-state index >= 15 is 0 Å². The summed E-state index contributed by atoms with van der Waals surface area (Å²) in [5.74, 6) is 0. The van der Waals surface area contributed by atoms with Crippen molar-refractivity contribution in [3.8, 4) is 0 Å². The zero-order valence-electron chi connectivity index (χ0n) is 8.45. The molecule has 4 amide bonds. The van der Waals surface area contributed by atoms with Crippen molar-refractivity contribution in [3.63, 3.8) is 0 Å². The van der Waals surface area contributed by atoms with E-state index in [2.05, 4.69) is 5.32 Å². The van der Waals surface area contributed by atoms with Crippen LogP contribution in [-0.4, -0.2) is 62.3 Å². The molecule has 1 heterocycles. The van der Waals surface area contributed by atoms with Crippen molar-refractivity contribution >= 4 is 12.1 Å². The number of morpholine rings is 1. The Kier molecular flexibility index (Phi) is 3.70. The van der Waals surface area contributed by atoms with Crippen LogP contribution < -0.4 is 5.32 Å². The van der Waals surface area contributed by atoms with Gasteiger partial charge in [0.15, 0.2) is 0 Å². The third kappa shape index (κ3) is 2.35. The van der Waals surface area contributed by atoms with Crippen molar-refractivity contribution in [2.75, 3.05) is 40.4 Å². The van der Waals surface area contributed by atoms with Gasteiger partial charge in [-0.1, -0.05) is 0 Å². The van der Waals surface area contributed by atoms with Crippen LogP contribution in [0.5, 0.6) is 0 Å². The van der Waals surface area contributed by atoms with Crippen molar-refractivity contribution in [2.45, 2.75) is 0 Å². The second-order valence-corrected chi connectivity index (χ2v) is 3.00. The SMILES string of the molecule is CNC(=O)N(C)C(=O)N1CCOCC1. The van der Waals surface area contributed by atoms with Crippen LogP contribution in [0.1, 0.15) is 0 Å². The predicted octanol–water partition coefficient (Wildman–Crippen LogP) is -0.290. The Labute approximate surface area is 82.8 Å². The van der Waals surface area contributed by atoms with E-state index in [0.717, 1.165) is 4.90 Å². The number of urea groups is 2. The highest BCUT2D eigenvalue weighted by molar-refractivity contribution is 5.93. The summed E-state index contributed by atoms with van der Waals surface area (Å²) < 4.78 is 5.10. The molecule has 0 aliphatic carbocycles. The van der Waals surface area contributed by atoms with E-state index < -0.39 is 6.03 Å². The normalized spacial score (nSPS) is 16.3. The van der Waals surface area contributed by atoms with Crippen molar-refractivity contribution in [2.24, 2.45) is 0 Å². The minimum Gasteiger partial charge on any atom is -0.378 e. The quantitative estimate of drug-likeness (QED) is 0.586. The van der Waals surface area contributed by atoms with E-state index in [1.54, 1.807) is 4.90 Å². The molecule has 1 N–H and O–H groups in total. The minimum atomic E-state index is -0.401. The first-order valence-corrected chi connectivity index (χ1v) is 4.49. The lowest BCUT2D eigenvalue weighted by Crippen LogP contribution is -2.50. The molecule has 0 aromatic heterocycles. The fourth-order valence-corrected chi connectivity index (χ4v) is 1.22. The molecule has 0 saturated carbocycles. The number of carbonyl (C=O) groups excluding carboxylic acids is 2. The number of carbonyl (C=O) groups is 2. The number of hydrogen-bond acceptors (Lipinski definition) is 3. The Morgan fingerprint density at radius 2 is 1.93 bits per heavy atom. The summed E-state index contributed by atoms with van der Waals surface area (Å²) in [5.41, 5.74) is 0. The number of hydrogen-bond donors (Lipinski definition) is 1. The molecule has 1 saturated heterocycles. The Hall–Kier alpha value is -1.30. The summed E-state index contributed by atoms with van der Waals surface area (Å²) >= 11 is 0. The molecule has 14 heavy (non-hydrogen) atoms. The third-order valence-electron chi connectivity index (χ3n) is 2.09. The van der Waals surface area contributed by atoms with Crippen LogP contribution in [0.3, 0.4) is 0 Å². The number of ether oxygens (including phenoxy) is 1. The van der Waals surface area contributed by atoms with Crippen LogP contribution in [0, 0.1) is 0 Å². The topological polar surface area (TPSA) is 61.9 Å². The lowest BCUT2D eigenvalue weighted by Gasteiger charge is -2.29. The summed E-state index contributed by atoms with van der Waals surface area (Å²) in [4.78, 5) is 25.4. The van der Waals surface area contributed by atoms with E-state index in [1.165, 1.54) is 14.1 Å². The van der Waals surface area contributed by atoms with Gasteiger partial charge in [-0.2, -0.15) is 0 Å². The molecule has 0 unspecified atom stereocenters. The molecule has 1 fully saturated rings. The zero-order valence-corrected chi connectivity index (χ0v) is 8.45. The van der Waals surface area contributed by atoms with Gasteiger partial charge in [0.1, 0.15) is 0 Å². The molecule has 0 aromatic rings. The molecule has 0 spiro atoms. The Bertz CT molecular complexity index is 226. The van der Waals surface area contributed by atoms with E-state index in [9.17, 15) is 9.59 Å². The Morgan fingerprint density at radius 3 is 2.43 bits per heavy atom. The van der Waals surface area contributed by atoms with Crippen LogP contribution >= 0.6 is 0 Å². The first-order valence-electron chi connectivity index (χ1n) is 4.49. The Morgan fingerprint density at radius 1 is 1.36 bits per heavy atom. The molecular weight excluding hydrogens is 186 g/mol. The summed E-state index contributed by atoms with van der Waals surface area (Å²) in [7, 11) is 2.95. The van der Waals surface area contributed by atoms with E-state index in [-0.39, 0.29) is 6.03 Å².